The Labute approximate surface area is 116 Å². The van der Waals surface area contributed by atoms with Gasteiger partial charge in [-0.2, -0.15) is 0 Å². The molecular weight excluding hydrogens is 268 g/mol. The fraction of sp³-hybridized carbons (Fsp3) is 0.462. The van der Waals surface area contributed by atoms with Crippen LogP contribution in [-0.2, 0) is 4.74 Å². The Balaban J connectivity index is 2.28. The normalized spacial score (nSPS) is 18.5. The summed E-state index contributed by atoms with van der Waals surface area (Å²) in [6.07, 6.45) is 2.15. The SMILES string of the molecule is CN(CC1CCCO1)c1c(Cl)cc(N)cc1C(=O)O. The second kappa shape index (κ2) is 5.67. The number of aromatic carboxylic acids is 1. The van der Waals surface area contributed by atoms with Gasteiger partial charge in [0.2, 0.25) is 0 Å². The minimum Gasteiger partial charge on any atom is -0.478 e. The maximum atomic E-state index is 11.3. The second-order valence-corrected chi connectivity index (χ2v) is 5.13. The maximum Gasteiger partial charge on any atom is 0.337 e. The molecule has 1 aliphatic heterocycles. The van der Waals surface area contributed by atoms with Crippen LogP contribution in [0.2, 0.25) is 5.02 Å². The number of carboxylic acid groups (broad SMARTS) is 1. The van der Waals surface area contributed by atoms with Crippen LogP contribution >= 0.6 is 11.6 Å². The van der Waals surface area contributed by atoms with Crippen LogP contribution in [0, 0.1) is 0 Å². The number of anilines is 2. The molecule has 19 heavy (non-hydrogen) atoms. The number of rotatable bonds is 4. The molecule has 1 saturated heterocycles. The number of halogens is 1. The minimum atomic E-state index is -1.04. The lowest BCUT2D eigenvalue weighted by atomic mass is 10.1. The molecule has 1 fully saturated rings. The van der Waals surface area contributed by atoms with E-state index in [2.05, 4.69) is 0 Å². The van der Waals surface area contributed by atoms with Gasteiger partial charge in [0.1, 0.15) is 0 Å². The van der Waals surface area contributed by atoms with E-state index in [0.717, 1.165) is 19.4 Å². The van der Waals surface area contributed by atoms with E-state index in [1.54, 1.807) is 6.07 Å². The molecule has 5 nitrogen and oxygen atoms in total. The molecule has 0 aliphatic carbocycles. The Kier molecular flexibility index (Phi) is 4.17. The number of nitrogens with zero attached hydrogens (tertiary/aromatic N) is 1. The molecule has 0 spiro atoms. The Morgan fingerprint density at radius 1 is 1.63 bits per heavy atom. The van der Waals surface area contributed by atoms with E-state index in [1.165, 1.54) is 6.07 Å². The topological polar surface area (TPSA) is 75.8 Å². The molecule has 1 aliphatic rings. The number of nitrogens with two attached hydrogens (primary N) is 1. The third-order valence-corrected chi connectivity index (χ3v) is 3.49. The lowest BCUT2D eigenvalue weighted by Crippen LogP contribution is -2.30. The average molecular weight is 285 g/mol. The molecule has 1 aromatic rings. The van der Waals surface area contributed by atoms with Crippen molar-refractivity contribution in [1.82, 2.24) is 0 Å². The summed E-state index contributed by atoms with van der Waals surface area (Å²) in [5, 5.41) is 9.60. The summed E-state index contributed by atoms with van der Waals surface area (Å²) in [4.78, 5) is 13.1. The van der Waals surface area contributed by atoms with E-state index < -0.39 is 5.97 Å². The Morgan fingerprint density at radius 3 is 2.95 bits per heavy atom. The van der Waals surface area contributed by atoms with Crippen molar-refractivity contribution in [2.24, 2.45) is 0 Å². The summed E-state index contributed by atoms with van der Waals surface area (Å²) >= 11 is 6.13. The molecule has 1 atom stereocenters. The molecule has 1 unspecified atom stereocenters. The lowest BCUT2D eigenvalue weighted by molar-refractivity contribution is 0.0697. The molecule has 0 amide bonds. The number of likely N-dealkylation sites (N-methyl/N-ethyl adjacent to an activating group) is 1. The van der Waals surface area contributed by atoms with Gasteiger partial charge >= 0.3 is 5.97 Å². The molecule has 3 N–H and O–H groups in total. The third kappa shape index (κ3) is 3.11. The average Bonchev–Trinajstić information content (AvgIpc) is 2.80. The molecule has 0 saturated carbocycles. The van der Waals surface area contributed by atoms with E-state index in [-0.39, 0.29) is 11.7 Å². The molecule has 104 valence electrons. The second-order valence-electron chi connectivity index (χ2n) is 4.72. The quantitative estimate of drug-likeness (QED) is 0.829. The number of carboxylic acids is 1. The highest BCUT2D eigenvalue weighted by molar-refractivity contribution is 6.34. The molecule has 1 aromatic carbocycles. The number of carbonyl (C=O) groups is 1. The van der Waals surface area contributed by atoms with Crippen LogP contribution < -0.4 is 10.6 Å². The highest BCUT2D eigenvalue weighted by Gasteiger charge is 2.22. The largest absolute Gasteiger partial charge is 0.478 e. The van der Waals surface area contributed by atoms with E-state index >= 15 is 0 Å². The molecule has 0 radical (unpaired) electrons. The van der Waals surface area contributed by atoms with Gasteiger partial charge in [-0.05, 0) is 25.0 Å². The van der Waals surface area contributed by atoms with Crippen LogP contribution in [0.15, 0.2) is 12.1 Å². The predicted octanol–water partition coefficient (Wildman–Crippen LogP) is 2.24. The first kappa shape index (κ1) is 14.0. The number of hydrogen-bond donors (Lipinski definition) is 2. The Hall–Kier alpha value is -1.46. The van der Waals surface area contributed by atoms with Gasteiger partial charge < -0.3 is 20.5 Å². The number of ether oxygens (including phenoxy) is 1. The number of hydrogen-bond acceptors (Lipinski definition) is 4. The molecule has 0 bridgehead atoms. The van der Waals surface area contributed by atoms with Crippen molar-refractivity contribution >= 4 is 28.9 Å². The molecule has 1 heterocycles. The summed E-state index contributed by atoms with van der Waals surface area (Å²) < 4.78 is 5.55. The first-order chi connectivity index (χ1) is 8.99. The van der Waals surface area contributed by atoms with Gasteiger partial charge in [0.05, 0.1) is 22.4 Å². The van der Waals surface area contributed by atoms with E-state index in [0.29, 0.717) is 22.9 Å². The van der Waals surface area contributed by atoms with Crippen LogP contribution in [0.25, 0.3) is 0 Å². The summed E-state index contributed by atoms with van der Waals surface area (Å²) in [5.41, 5.74) is 6.58. The van der Waals surface area contributed by atoms with Crippen molar-refractivity contribution in [3.63, 3.8) is 0 Å². The highest BCUT2D eigenvalue weighted by Crippen LogP contribution is 2.32. The number of nitrogen functional groups attached to an aromatic ring is 1. The Bertz CT molecular complexity index is 487. The fourth-order valence-corrected chi connectivity index (χ4v) is 2.73. The number of benzene rings is 1. The van der Waals surface area contributed by atoms with Crippen molar-refractivity contribution < 1.29 is 14.6 Å². The minimum absolute atomic E-state index is 0.116. The molecule has 2 rings (SSSR count). The smallest absolute Gasteiger partial charge is 0.337 e. The van der Waals surface area contributed by atoms with Crippen molar-refractivity contribution in [3.05, 3.63) is 22.7 Å². The predicted molar refractivity (Wildman–Crippen MR) is 75.1 cm³/mol. The van der Waals surface area contributed by atoms with Crippen LogP contribution in [0.3, 0.4) is 0 Å². The van der Waals surface area contributed by atoms with E-state index in [9.17, 15) is 9.90 Å². The van der Waals surface area contributed by atoms with Crippen molar-refractivity contribution in [1.29, 1.82) is 0 Å². The van der Waals surface area contributed by atoms with Gasteiger partial charge in [-0.15, -0.1) is 0 Å². The fourth-order valence-electron chi connectivity index (χ4n) is 2.36. The summed E-state index contributed by atoms with van der Waals surface area (Å²) in [6, 6.07) is 2.99. The van der Waals surface area contributed by atoms with Gasteiger partial charge in [0, 0.05) is 25.9 Å². The van der Waals surface area contributed by atoms with Crippen molar-refractivity contribution in [2.75, 3.05) is 30.8 Å². The molecule has 6 heteroatoms. The highest BCUT2D eigenvalue weighted by atomic mass is 35.5. The van der Waals surface area contributed by atoms with Crippen molar-refractivity contribution in [2.45, 2.75) is 18.9 Å². The van der Waals surface area contributed by atoms with Gasteiger partial charge in [-0.3, -0.25) is 0 Å². The first-order valence-electron chi connectivity index (χ1n) is 6.14. The summed E-state index contributed by atoms with van der Waals surface area (Å²) in [6.45, 7) is 1.38. The maximum absolute atomic E-state index is 11.3. The van der Waals surface area contributed by atoms with Crippen molar-refractivity contribution in [3.8, 4) is 0 Å². The van der Waals surface area contributed by atoms with Crippen LogP contribution in [0.5, 0.6) is 0 Å². The van der Waals surface area contributed by atoms with Crippen LogP contribution in [0.4, 0.5) is 11.4 Å². The first-order valence-corrected chi connectivity index (χ1v) is 6.52. The zero-order valence-electron chi connectivity index (χ0n) is 10.7. The standard InChI is InChI=1S/C13H17ClN2O3/c1-16(7-9-3-2-4-19-9)12-10(13(17)18)5-8(15)6-11(12)14/h5-6,9H,2-4,7,15H2,1H3,(H,17,18). The van der Waals surface area contributed by atoms with Gasteiger partial charge in [-0.1, -0.05) is 11.6 Å². The zero-order valence-corrected chi connectivity index (χ0v) is 11.5. The van der Waals surface area contributed by atoms with Gasteiger partial charge in [0.25, 0.3) is 0 Å². The summed E-state index contributed by atoms with van der Waals surface area (Å²) in [5.74, 6) is -1.04. The third-order valence-electron chi connectivity index (χ3n) is 3.20. The molecular formula is C13H17ClN2O3. The Morgan fingerprint density at radius 2 is 2.37 bits per heavy atom. The van der Waals surface area contributed by atoms with Crippen LogP contribution in [0.1, 0.15) is 23.2 Å². The van der Waals surface area contributed by atoms with E-state index in [4.69, 9.17) is 22.1 Å². The zero-order chi connectivity index (χ0) is 14.0. The van der Waals surface area contributed by atoms with Crippen LogP contribution in [-0.4, -0.2) is 37.4 Å². The van der Waals surface area contributed by atoms with Gasteiger partial charge in [0.15, 0.2) is 0 Å². The summed E-state index contributed by atoms with van der Waals surface area (Å²) in [7, 11) is 1.81. The monoisotopic (exact) mass is 284 g/mol. The van der Waals surface area contributed by atoms with E-state index in [1.807, 2.05) is 11.9 Å². The van der Waals surface area contributed by atoms with Gasteiger partial charge in [-0.25, -0.2) is 4.79 Å². The lowest BCUT2D eigenvalue weighted by Gasteiger charge is -2.25. The molecule has 0 aromatic heterocycles.